The fraction of sp³-hybridized carbons (Fsp3) is 0.364. The summed E-state index contributed by atoms with van der Waals surface area (Å²) in [5.74, 6) is -0.353. The molecule has 1 saturated heterocycles. The molecule has 0 bridgehead atoms. The van der Waals surface area contributed by atoms with E-state index in [1.54, 1.807) is 12.1 Å². The van der Waals surface area contributed by atoms with Crippen molar-refractivity contribution in [2.24, 2.45) is 5.92 Å². The molecule has 0 aliphatic carbocycles. The molecule has 1 aliphatic heterocycles. The van der Waals surface area contributed by atoms with Crippen molar-refractivity contribution in [3.63, 3.8) is 0 Å². The highest BCUT2D eigenvalue weighted by atomic mass is 16.4. The van der Waals surface area contributed by atoms with Crippen LogP contribution in [0, 0.1) is 19.8 Å². The number of aryl methyl sites for hydroxylation is 2. The van der Waals surface area contributed by atoms with E-state index < -0.39 is 5.97 Å². The highest BCUT2D eigenvalue weighted by Gasteiger charge is 2.25. The lowest BCUT2D eigenvalue weighted by atomic mass is 9.88. The predicted octanol–water partition coefficient (Wildman–Crippen LogP) is 4.10. The minimum atomic E-state index is -0.872. The van der Waals surface area contributed by atoms with E-state index in [0.29, 0.717) is 11.5 Å². The number of hydrogen-bond acceptors (Lipinski definition) is 2. The summed E-state index contributed by atoms with van der Waals surface area (Å²) in [6.45, 7) is 5.47. The second-order valence-electron chi connectivity index (χ2n) is 7.22. The van der Waals surface area contributed by atoms with E-state index in [2.05, 4.69) is 0 Å². The summed E-state index contributed by atoms with van der Waals surface area (Å²) in [5, 5.41) is 9.33. The molecule has 4 nitrogen and oxygen atoms in total. The summed E-state index contributed by atoms with van der Waals surface area (Å²) in [6, 6.07) is 13.2. The molecule has 3 rings (SSSR count). The van der Waals surface area contributed by atoms with E-state index in [-0.39, 0.29) is 5.91 Å². The number of amides is 1. The van der Waals surface area contributed by atoms with Crippen molar-refractivity contribution >= 4 is 11.9 Å². The Labute approximate surface area is 154 Å². The van der Waals surface area contributed by atoms with Crippen LogP contribution in [0.2, 0.25) is 0 Å². The molecule has 26 heavy (non-hydrogen) atoms. The lowest BCUT2D eigenvalue weighted by molar-refractivity contribution is 0.0689. The van der Waals surface area contributed by atoms with Gasteiger partial charge in [0, 0.05) is 18.7 Å². The lowest BCUT2D eigenvalue weighted by Gasteiger charge is -2.32. The standard InChI is InChI=1S/C22H25NO3/c1-15-7-8-19(16(2)13-15)21(24)23-11-9-17(10-12-23)14-18-5-3-4-6-20(18)22(25)26/h3-8,13,17H,9-12,14H2,1-2H3,(H,25,26). The molecule has 1 N–H and O–H groups in total. The zero-order valence-electron chi connectivity index (χ0n) is 15.4. The van der Waals surface area contributed by atoms with Crippen molar-refractivity contribution < 1.29 is 14.7 Å². The van der Waals surface area contributed by atoms with Gasteiger partial charge in [0.05, 0.1) is 5.56 Å². The Morgan fingerprint density at radius 2 is 1.73 bits per heavy atom. The molecule has 0 radical (unpaired) electrons. The van der Waals surface area contributed by atoms with Gasteiger partial charge in [0.2, 0.25) is 0 Å². The smallest absolute Gasteiger partial charge is 0.335 e. The predicted molar refractivity (Wildman–Crippen MR) is 102 cm³/mol. The highest BCUT2D eigenvalue weighted by Crippen LogP contribution is 2.25. The maximum absolute atomic E-state index is 12.8. The number of carbonyl (C=O) groups is 2. The van der Waals surface area contributed by atoms with Crippen molar-refractivity contribution in [1.82, 2.24) is 4.90 Å². The third-order valence-corrected chi connectivity index (χ3v) is 5.27. The van der Waals surface area contributed by atoms with Crippen LogP contribution in [-0.4, -0.2) is 35.0 Å². The molecule has 2 aromatic rings. The third-order valence-electron chi connectivity index (χ3n) is 5.27. The summed E-state index contributed by atoms with van der Waals surface area (Å²) in [4.78, 5) is 26.1. The van der Waals surface area contributed by atoms with Gasteiger partial charge in [-0.2, -0.15) is 0 Å². The van der Waals surface area contributed by atoms with Gasteiger partial charge in [-0.3, -0.25) is 4.79 Å². The van der Waals surface area contributed by atoms with Gasteiger partial charge in [-0.1, -0.05) is 35.9 Å². The number of rotatable bonds is 4. The Kier molecular flexibility index (Phi) is 5.40. The highest BCUT2D eigenvalue weighted by molar-refractivity contribution is 5.95. The van der Waals surface area contributed by atoms with Gasteiger partial charge in [0.1, 0.15) is 0 Å². The molecule has 1 heterocycles. The minimum absolute atomic E-state index is 0.104. The molecule has 2 aromatic carbocycles. The summed E-state index contributed by atoms with van der Waals surface area (Å²) in [7, 11) is 0. The number of nitrogens with zero attached hydrogens (tertiary/aromatic N) is 1. The average molecular weight is 351 g/mol. The number of aromatic carboxylic acids is 1. The first kappa shape index (κ1) is 18.2. The van der Waals surface area contributed by atoms with Crippen molar-refractivity contribution in [2.45, 2.75) is 33.1 Å². The maximum Gasteiger partial charge on any atom is 0.335 e. The first-order chi connectivity index (χ1) is 12.5. The first-order valence-corrected chi connectivity index (χ1v) is 9.13. The molecule has 1 fully saturated rings. The van der Waals surface area contributed by atoms with Crippen LogP contribution < -0.4 is 0 Å². The normalized spacial score (nSPS) is 15.1. The van der Waals surface area contributed by atoms with Gasteiger partial charge in [0.15, 0.2) is 0 Å². The Hall–Kier alpha value is -2.62. The average Bonchev–Trinajstić information content (AvgIpc) is 2.62. The van der Waals surface area contributed by atoms with Gasteiger partial charge in [-0.25, -0.2) is 4.79 Å². The molecule has 136 valence electrons. The number of piperidine rings is 1. The number of benzene rings is 2. The molecule has 0 spiro atoms. The summed E-state index contributed by atoms with van der Waals surface area (Å²) in [6.07, 6.45) is 2.57. The van der Waals surface area contributed by atoms with Crippen LogP contribution in [0.15, 0.2) is 42.5 Å². The molecule has 0 saturated carbocycles. The number of hydrogen-bond donors (Lipinski definition) is 1. The van der Waals surface area contributed by atoms with Crippen molar-refractivity contribution in [2.75, 3.05) is 13.1 Å². The Morgan fingerprint density at radius 3 is 2.38 bits per heavy atom. The van der Waals surface area contributed by atoms with Crippen LogP contribution >= 0.6 is 0 Å². The van der Waals surface area contributed by atoms with Crippen molar-refractivity contribution in [1.29, 1.82) is 0 Å². The fourth-order valence-electron chi connectivity index (χ4n) is 3.78. The van der Waals surface area contributed by atoms with Crippen LogP contribution in [0.1, 0.15) is 50.2 Å². The van der Waals surface area contributed by atoms with Gasteiger partial charge in [0.25, 0.3) is 5.91 Å². The summed E-state index contributed by atoms with van der Waals surface area (Å²) >= 11 is 0. The second-order valence-corrected chi connectivity index (χ2v) is 7.22. The van der Waals surface area contributed by atoms with E-state index in [4.69, 9.17) is 0 Å². The minimum Gasteiger partial charge on any atom is -0.478 e. The van der Waals surface area contributed by atoms with E-state index >= 15 is 0 Å². The Balaban J connectivity index is 1.63. The van der Waals surface area contributed by atoms with E-state index in [9.17, 15) is 14.7 Å². The fourth-order valence-corrected chi connectivity index (χ4v) is 3.78. The SMILES string of the molecule is Cc1ccc(C(=O)N2CCC(Cc3ccccc3C(=O)O)CC2)c(C)c1. The third kappa shape index (κ3) is 3.96. The van der Waals surface area contributed by atoms with Gasteiger partial charge in [-0.05, 0) is 62.3 Å². The van der Waals surface area contributed by atoms with Crippen LogP contribution in [-0.2, 0) is 6.42 Å². The van der Waals surface area contributed by atoms with Gasteiger partial charge >= 0.3 is 5.97 Å². The van der Waals surface area contributed by atoms with E-state index in [1.165, 1.54) is 0 Å². The largest absolute Gasteiger partial charge is 0.478 e. The van der Waals surface area contributed by atoms with Crippen LogP contribution in [0.25, 0.3) is 0 Å². The number of carboxylic acids is 1. The van der Waals surface area contributed by atoms with Crippen molar-refractivity contribution in [3.8, 4) is 0 Å². The second kappa shape index (κ2) is 7.73. The molecular formula is C22H25NO3. The maximum atomic E-state index is 12.8. The number of likely N-dealkylation sites (tertiary alicyclic amines) is 1. The molecule has 1 amide bonds. The van der Waals surface area contributed by atoms with Crippen LogP contribution in [0.4, 0.5) is 0 Å². The topological polar surface area (TPSA) is 57.6 Å². The quantitative estimate of drug-likeness (QED) is 0.902. The Bertz CT molecular complexity index is 820. The lowest BCUT2D eigenvalue weighted by Crippen LogP contribution is -2.39. The molecule has 0 aromatic heterocycles. The van der Waals surface area contributed by atoms with E-state index in [1.807, 2.05) is 49.1 Å². The van der Waals surface area contributed by atoms with Crippen LogP contribution in [0.5, 0.6) is 0 Å². The van der Waals surface area contributed by atoms with Gasteiger partial charge in [-0.15, -0.1) is 0 Å². The van der Waals surface area contributed by atoms with Crippen molar-refractivity contribution in [3.05, 3.63) is 70.3 Å². The zero-order valence-corrected chi connectivity index (χ0v) is 15.4. The number of carbonyl (C=O) groups excluding carboxylic acids is 1. The van der Waals surface area contributed by atoms with Gasteiger partial charge < -0.3 is 10.0 Å². The number of carboxylic acid groups (broad SMARTS) is 1. The van der Waals surface area contributed by atoms with Crippen LogP contribution in [0.3, 0.4) is 0 Å². The first-order valence-electron chi connectivity index (χ1n) is 9.13. The summed E-state index contributed by atoms with van der Waals surface area (Å²) < 4.78 is 0. The molecule has 4 heteroatoms. The molecule has 0 unspecified atom stereocenters. The molecular weight excluding hydrogens is 326 g/mol. The zero-order chi connectivity index (χ0) is 18.7. The molecule has 1 aliphatic rings. The summed E-state index contributed by atoms with van der Waals surface area (Å²) in [5.41, 5.74) is 4.24. The molecule has 0 atom stereocenters. The Morgan fingerprint density at radius 1 is 1.04 bits per heavy atom. The van der Waals surface area contributed by atoms with E-state index in [0.717, 1.165) is 54.6 Å². The monoisotopic (exact) mass is 351 g/mol.